The summed E-state index contributed by atoms with van der Waals surface area (Å²) in [5, 5.41) is 14.8. The van der Waals surface area contributed by atoms with Crippen molar-refractivity contribution in [1.29, 1.82) is 0 Å². The Balaban J connectivity index is 2.37. The van der Waals surface area contributed by atoms with E-state index in [2.05, 4.69) is 5.32 Å². The van der Waals surface area contributed by atoms with E-state index in [0.29, 0.717) is 0 Å². The van der Waals surface area contributed by atoms with E-state index in [4.69, 9.17) is 11.6 Å². The minimum absolute atomic E-state index is 0.216. The van der Waals surface area contributed by atoms with E-state index in [1.165, 1.54) is 38.4 Å². The number of nitro benzene ring substituents is 1. The van der Waals surface area contributed by atoms with Crippen molar-refractivity contribution < 1.29 is 27.7 Å². The fourth-order valence-electron chi connectivity index (χ4n) is 2.44. The predicted molar refractivity (Wildman–Crippen MR) is 108 cm³/mol. The lowest BCUT2D eigenvalue weighted by Gasteiger charge is -2.18. The van der Waals surface area contributed by atoms with Gasteiger partial charge in [0.1, 0.15) is 5.70 Å². The fourth-order valence-corrected chi connectivity index (χ4v) is 2.66. The summed E-state index contributed by atoms with van der Waals surface area (Å²) in [5.74, 6) is -0.697. The van der Waals surface area contributed by atoms with Gasteiger partial charge in [-0.1, -0.05) is 29.8 Å². The van der Waals surface area contributed by atoms with E-state index in [1.807, 2.05) is 5.32 Å². The molecular weight excluding hydrogens is 441 g/mol. The van der Waals surface area contributed by atoms with E-state index in [0.717, 1.165) is 29.2 Å². The number of amides is 3. The first kappa shape index (κ1) is 23.7. The van der Waals surface area contributed by atoms with Crippen LogP contribution in [-0.2, 0) is 11.0 Å². The molecule has 0 saturated heterocycles. The van der Waals surface area contributed by atoms with Crippen LogP contribution in [0.3, 0.4) is 0 Å². The molecule has 0 aliphatic carbocycles. The Kier molecular flexibility index (Phi) is 7.24. The van der Waals surface area contributed by atoms with Crippen molar-refractivity contribution in [2.45, 2.75) is 6.18 Å². The van der Waals surface area contributed by atoms with Gasteiger partial charge in [-0.25, -0.2) is 4.79 Å². The van der Waals surface area contributed by atoms with E-state index in [9.17, 15) is 32.9 Å². The smallest absolute Gasteiger partial charge is 0.344 e. The summed E-state index contributed by atoms with van der Waals surface area (Å²) in [6.45, 7) is 0. The molecule has 31 heavy (non-hydrogen) atoms. The van der Waals surface area contributed by atoms with Gasteiger partial charge in [0.05, 0.1) is 21.2 Å². The highest BCUT2D eigenvalue weighted by Gasteiger charge is 2.35. The van der Waals surface area contributed by atoms with E-state index in [-0.39, 0.29) is 22.0 Å². The first-order valence-corrected chi connectivity index (χ1v) is 8.89. The summed E-state index contributed by atoms with van der Waals surface area (Å²) in [5.41, 5.74) is -2.21. The summed E-state index contributed by atoms with van der Waals surface area (Å²) >= 11 is 5.81. The number of para-hydroxylation sites is 1. The molecule has 0 aliphatic heterocycles. The predicted octanol–water partition coefficient (Wildman–Crippen LogP) is 4.52. The van der Waals surface area contributed by atoms with Crippen LogP contribution in [0.1, 0.15) is 11.1 Å². The molecule has 8 nitrogen and oxygen atoms in total. The van der Waals surface area contributed by atoms with Crippen LogP contribution in [0.25, 0.3) is 6.08 Å². The van der Waals surface area contributed by atoms with Crippen molar-refractivity contribution in [1.82, 2.24) is 10.2 Å². The van der Waals surface area contributed by atoms with Crippen LogP contribution in [0.5, 0.6) is 0 Å². The lowest BCUT2D eigenvalue weighted by atomic mass is 10.1. The molecule has 0 aliphatic rings. The Morgan fingerprint density at radius 2 is 1.81 bits per heavy atom. The van der Waals surface area contributed by atoms with Crippen molar-refractivity contribution in [3.63, 3.8) is 0 Å². The molecule has 2 N–H and O–H groups in total. The van der Waals surface area contributed by atoms with E-state index in [1.54, 1.807) is 0 Å². The Labute approximate surface area is 179 Å². The lowest BCUT2D eigenvalue weighted by Crippen LogP contribution is -2.36. The molecule has 0 unspecified atom stereocenters. The monoisotopic (exact) mass is 456 g/mol. The molecule has 0 atom stereocenters. The Morgan fingerprint density at radius 1 is 1.16 bits per heavy atom. The number of carbonyl (C=O) groups excluding carboxylic acids is 2. The number of nitrogens with one attached hydrogen (secondary N) is 2. The van der Waals surface area contributed by atoms with Crippen LogP contribution in [0, 0.1) is 10.1 Å². The van der Waals surface area contributed by atoms with Gasteiger partial charge in [0.15, 0.2) is 0 Å². The second-order valence-corrected chi connectivity index (χ2v) is 6.76. The molecule has 0 saturated carbocycles. The minimum atomic E-state index is -4.78. The van der Waals surface area contributed by atoms with Crippen LogP contribution in [-0.4, -0.2) is 35.9 Å². The standard InChI is InChI=1S/C19H16ClF3N4O4/c1-26(2)17(28)15(10-11-5-3-6-12(9-11)27(30)31)24-18(29)25-16-13(19(21,22)23)7-4-8-14(16)20/h3-10H,1-2H3,(H2,24,25,29)/b15-10+. The number of nitro groups is 1. The van der Waals surface area contributed by atoms with Crippen molar-refractivity contribution in [3.05, 3.63) is 74.4 Å². The minimum Gasteiger partial charge on any atom is -0.344 e. The van der Waals surface area contributed by atoms with Gasteiger partial charge in [-0.15, -0.1) is 0 Å². The van der Waals surface area contributed by atoms with Gasteiger partial charge in [0.2, 0.25) is 0 Å². The summed E-state index contributed by atoms with van der Waals surface area (Å²) in [6, 6.07) is 7.05. The maximum absolute atomic E-state index is 13.2. The number of non-ortho nitro benzene ring substituents is 1. The summed E-state index contributed by atoms with van der Waals surface area (Å²) in [7, 11) is 2.78. The second-order valence-electron chi connectivity index (χ2n) is 6.35. The number of rotatable bonds is 5. The third kappa shape index (κ3) is 6.19. The molecule has 2 aromatic carbocycles. The molecule has 0 spiro atoms. The zero-order valence-corrected chi connectivity index (χ0v) is 16.9. The van der Waals surface area contributed by atoms with E-state index < -0.39 is 34.3 Å². The molecule has 12 heteroatoms. The van der Waals surface area contributed by atoms with Crippen molar-refractivity contribution >= 4 is 41.0 Å². The summed E-state index contributed by atoms with van der Waals surface area (Å²) in [4.78, 5) is 36.2. The molecule has 0 aromatic heterocycles. The van der Waals surface area contributed by atoms with Crippen molar-refractivity contribution in [2.75, 3.05) is 19.4 Å². The molecule has 0 radical (unpaired) electrons. The van der Waals surface area contributed by atoms with Gasteiger partial charge < -0.3 is 15.5 Å². The van der Waals surface area contributed by atoms with Crippen LogP contribution < -0.4 is 10.6 Å². The summed E-state index contributed by atoms with van der Waals surface area (Å²) in [6.07, 6.45) is -3.62. The highest BCUT2D eigenvalue weighted by Crippen LogP contribution is 2.38. The first-order chi connectivity index (χ1) is 14.4. The van der Waals surface area contributed by atoms with Gasteiger partial charge in [-0.05, 0) is 23.8 Å². The number of benzene rings is 2. The molecule has 164 valence electrons. The Bertz CT molecular complexity index is 1050. The number of likely N-dealkylation sites (N-methyl/N-ethyl adjacent to an activating group) is 1. The zero-order chi connectivity index (χ0) is 23.3. The molecule has 3 amide bonds. The number of anilines is 1. The zero-order valence-electron chi connectivity index (χ0n) is 16.2. The third-order valence-corrected chi connectivity index (χ3v) is 4.15. The van der Waals surface area contributed by atoms with Crippen molar-refractivity contribution in [3.8, 4) is 0 Å². The normalized spacial score (nSPS) is 11.6. The maximum Gasteiger partial charge on any atom is 0.418 e. The van der Waals surface area contributed by atoms with Crippen LogP contribution in [0.2, 0.25) is 5.02 Å². The van der Waals surface area contributed by atoms with Crippen molar-refractivity contribution in [2.24, 2.45) is 0 Å². The largest absolute Gasteiger partial charge is 0.418 e. The summed E-state index contributed by atoms with van der Waals surface area (Å²) < 4.78 is 39.6. The van der Waals surface area contributed by atoms with Gasteiger partial charge in [0, 0.05) is 26.2 Å². The quantitative estimate of drug-likeness (QED) is 0.392. The number of hydrogen-bond acceptors (Lipinski definition) is 4. The van der Waals surface area contributed by atoms with Crippen LogP contribution in [0.4, 0.5) is 29.3 Å². The number of alkyl halides is 3. The van der Waals surface area contributed by atoms with Gasteiger partial charge >= 0.3 is 12.2 Å². The number of carbonyl (C=O) groups is 2. The molecule has 2 aromatic rings. The number of nitrogens with zero attached hydrogens (tertiary/aromatic N) is 2. The molecule has 2 rings (SSSR count). The van der Waals surface area contributed by atoms with Gasteiger partial charge in [0.25, 0.3) is 11.6 Å². The molecule has 0 heterocycles. The fraction of sp³-hybridized carbons (Fsp3) is 0.158. The molecular formula is C19H16ClF3N4O4. The van der Waals surface area contributed by atoms with E-state index >= 15 is 0 Å². The first-order valence-electron chi connectivity index (χ1n) is 8.51. The SMILES string of the molecule is CN(C)C(=O)/C(=C\c1cccc([N+](=O)[O-])c1)NC(=O)Nc1c(Cl)cccc1C(F)(F)F. The van der Waals surface area contributed by atoms with Crippen LogP contribution in [0.15, 0.2) is 48.2 Å². The number of halogens is 4. The maximum atomic E-state index is 13.2. The van der Waals surface area contributed by atoms with Gasteiger partial charge in [-0.2, -0.15) is 13.2 Å². The molecule has 0 bridgehead atoms. The lowest BCUT2D eigenvalue weighted by molar-refractivity contribution is -0.384. The second kappa shape index (κ2) is 9.47. The average molecular weight is 457 g/mol. The number of urea groups is 1. The topological polar surface area (TPSA) is 105 Å². The Hall–Kier alpha value is -3.60. The highest BCUT2D eigenvalue weighted by atomic mass is 35.5. The average Bonchev–Trinajstić information content (AvgIpc) is 2.67. The highest BCUT2D eigenvalue weighted by molar-refractivity contribution is 6.34. The third-order valence-electron chi connectivity index (χ3n) is 3.83. The molecule has 0 fully saturated rings. The van der Waals surface area contributed by atoms with Crippen LogP contribution >= 0.6 is 11.6 Å². The Morgan fingerprint density at radius 3 is 2.39 bits per heavy atom. The number of hydrogen-bond donors (Lipinski definition) is 2. The van der Waals surface area contributed by atoms with Gasteiger partial charge in [-0.3, -0.25) is 14.9 Å².